The van der Waals surface area contributed by atoms with Crippen LogP contribution >= 0.6 is 15.9 Å². The fourth-order valence-corrected chi connectivity index (χ4v) is 1.98. The van der Waals surface area contributed by atoms with Crippen molar-refractivity contribution in [3.8, 4) is 0 Å². The van der Waals surface area contributed by atoms with E-state index in [9.17, 15) is 4.79 Å². The first kappa shape index (κ1) is 15.8. The SMILES string of the molecule is CC(C)(C)OC(=O)NCC1CC(c2ccc(Br)cn2)=NO1. The molecule has 0 aromatic carbocycles. The van der Waals surface area contributed by atoms with E-state index in [1.165, 1.54) is 0 Å². The third-order valence-corrected chi connectivity index (χ3v) is 3.10. The lowest BCUT2D eigenvalue weighted by molar-refractivity contribution is 0.0439. The van der Waals surface area contributed by atoms with Crippen LogP contribution < -0.4 is 5.32 Å². The number of alkyl carbamates (subject to hydrolysis) is 1. The van der Waals surface area contributed by atoms with E-state index in [1.54, 1.807) is 6.20 Å². The first-order valence-corrected chi connectivity index (χ1v) is 7.44. The van der Waals surface area contributed by atoms with E-state index in [1.807, 2.05) is 32.9 Å². The lowest BCUT2D eigenvalue weighted by atomic mass is 10.1. The van der Waals surface area contributed by atoms with Gasteiger partial charge >= 0.3 is 6.09 Å². The minimum Gasteiger partial charge on any atom is -0.444 e. The van der Waals surface area contributed by atoms with Crippen molar-refractivity contribution in [1.82, 2.24) is 10.3 Å². The normalized spacial score (nSPS) is 17.9. The number of rotatable bonds is 3. The van der Waals surface area contributed by atoms with Crippen molar-refractivity contribution in [1.29, 1.82) is 0 Å². The number of hydrogen-bond acceptors (Lipinski definition) is 5. The molecule has 0 bridgehead atoms. The van der Waals surface area contributed by atoms with Gasteiger partial charge in [-0.05, 0) is 48.8 Å². The number of hydrogen-bond donors (Lipinski definition) is 1. The number of nitrogens with zero attached hydrogens (tertiary/aromatic N) is 2. The van der Waals surface area contributed by atoms with Crippen LogP contribution in [0.3, 0.4) is 0 Å². The molecule has 1 aromatic rings. The second-order valence-electron chi connectivity index (χ2n) is 5.71. The summed E-state index contributed by atoms with van der Waals surface area (Å²) in [6.45, 7) is 5.80. The van der Waals surface area contributed by atoms with E-state index in [2.05, 4.69) is 31.4 Å². The zero-order valence-electron chi connectivity index (χ0n) is 12.2. The summed E-state index contributed by atoms with van der Waals surface area (Å²) in [5.74, 6) is 0. The summed E-state index contributed by atoms with van der Waals surface area (Å²) < 4.78 is 6.07. The van der Waals surface area contributed by atoms with Crippen LogP contribution in [-0.2, 0) is 9.57 Å². The maximum Gasteiger partial charge on any atom is 0.407 e. The van der Waals surface area contributed by atoms with Gasteiger partial charge in [-0.15, -0.1) is 0 Å². The molecule has 2 heterocycles. The van der Waals surface area contributed by atoms with Crippen LogP contribution in [0.2, 0.25) is 0 Å². The average molecular weight is 356 g/mol. The lowest BCUT2D eigenvalue weighted by Crippen LogP contribution is -2.37. The number of aromatic nitrogens is 1. The molecule has 1 aromatic heterocycles. The van der Waals surface area contributed by atoms with Gasteiger partial charge in [-0.25, -0.2) is 4.79 Å². The molecule has 0 saturated heterocycles. The number of carbonyl (C=O) groups is 1. The van der Waals surface area contributed by atoms with Crippen molar-refractivity contribution in [2.24, 2.45) is 5.16 Å². The zero-order valence-corrected chi connectivity index (χ0v) is 13.8. The highest BCUT2D eigenvalue weighted by Gasteiger charge is 2.24. The van der Waals surface area contributed by atoms with E-state index in [-0.39, 0.29) is 6.10 Å². The predicted molar refractivity (Wildman–Crippen MR) is 82.2 cm³/mol. The highest BCUT2D eigenvalue weighted by atomic mass is 79.9. The van der Waals surface area contributed by atoms with Gasteiger partial charge in [0.25, 0.3) is 0 Å². The van der Waals surface area contributed by atoms with Crippen molar-refractivity contribution in [2.45, 2.75) is 38.9 Å². The molecule has 0 fully saturated rings. The van der Waals surface area contributed by atoms with E-state index in [0.717, 1.165) is 15.9 Å². The Morgan fingerprint density at radius 2 is 2.29 bits per heavy atom. The fraction of sp³-hybridized carbons (Fsp3) is 0.500. The van der Waals surface area contributed by atoms with Gasteiger partial charge in [0.1, 0.15) is 11.3 Å². The quantitative estimate of drug-likeness (QED) is 0.904. The molecule has 1 amide bonds. The number of carbonyl (C=O) groups excluding carboxylic acids is 1. The molecule has 0 spiro atoms. The Labute approximate surface area is 132 Å². The zero-order chi connectivity index (χ0) is 15.5. The number of pyridine rings is 1. The summed E-state index contributed by atoms with van der Waals surface area (Å²) in [4.78, 5) is 21.1. The Kier molecular flexibility index (Phi) is 4.82. The van der Waals surface area contributed by atoms with Gasteiger partial charge in [-0.2, -0.15) is 0 Å². The summed E-state index contributed by atoms with van der Waals surface area (Å²) in [6.07, 6.45) is 1.66. The minimum absolute atomic E-state index is 0.196. The molecule has 1 atom stereocenters. The Balaban J connectivity index is 1.80. The van der Waals surface area contributed by atoms with E-state index >= 15 is 0 Å². The van der Waals surface area contributed by atoms with Crippen molar-refractivity contribution in [3.05, 3.63) is 28.5 Å². The van der Waals surface area contributed by atoms with Crippen molar-refractivity contribution < 1.29 is 14.4 Å². The maximum absolute atomic E-state index is 11.6. The van der Waals surface area contributed by atoms with E-state index in [0.29, 0.717) is 13.0 Å². The summed E-state index contributed by atoms with van der Waals surface area (Å²) in [5.41, 5.74) is 1.04. The monoisotopic (exact) mass is 355 g/mol. The van der Waals surface area contributed by atoms with Crippen LogP contribution in [0.5, 0.6) is 0 Å². The molecular formula is C14H18BrN3O3. The summed E-state index contributed by atoms with van der Waals surface area (Å²) in [5, 5.41) is 6.69. The van der Waals surface area contributed by atoms with Crippen molar-refractivity contribution >= 4 is 27.7 Å². The topological polar surface area (TPSA) is 72.8 Å². The number of nitrogens with one attached hydrogen (secondary N) is 1. The molecule has 1 aliphatic rings. The maximum atomic E-state index is 11.6. The van der Waals surface area contributed by atoms with Gasteiger partial charge in [-0.3, -0.25) is 4.98 Å². The molecule has 1 N–H and O–H groups in total. The average Bonchev–Trinajstić information content (AvgIpc) is 2.84. The summed E-state index contributed by atoms with van der Waals surface area (Å²) in [7, 11) is 0. The van der Waals surface area contributed by atoms with Crippen LogP contribution in [0.4, 0.5) is 4.79 Å². The number of halogens is 1. The molecule has 1 aliphatic heterocycles. The van der Waals surface area contributed by atoms with E-state index < -0.39 is 11.7 Å². The van der Waals surface area contributed by atoms with Gasteiger partial charge in [0.2, 0.25) is 0 Å². The number of amides is 1. The molecule has 2 rings (SSSR count). The van der Waals surface area contributed by atoms with Gasteiger partial charge in [0, 0.05) is 17.1 Å². The van der Waals surface area contributed by atoms with Gasteiger partial charge in [0.05, 0.1) is 12.2 Å². The third kappa shape index (κ3) is 5.00. The molecular weight excluding hydrogens is 338 g/mol. The van der Waals surface area contributed by atoms with Gasteiger partial charge in [-0.1, -0.05) is 5.16 Å². The number of ether oxygens (including phenoxy) is 1. The Hall–Kier alpha value is -1.63. The second kappa shape index (κ2) is 6.43. The molecule has 0 radical (unpaired) electrons. The Morgan fingerprint density at radius 3 is 2.90 bits per heavy atom. The molecule has 114 valence electrons. The largest absolute Gasteiger partial charge is 0.444 e. The molecule has 21 heavy (non-hydrogen) atoms. The minimum atomic E-state index is -0.510. The van der Waals surface area contributed by atoms with Crippen LogP contribution in [0.15, 0.2) is 28.0 Å². The third-order valence-electron chi connectivity index (χ3n) is 2.63. The first-order chi connectivity index (χ1) is 9.83. The molecule has 0 aliphatic carbocycles. The Bertz CT molecular complexity index is 537. The highest BCUT2D eigenvalue weighted by Crippen LogP contribution is 2.16. The molecule has 0 saturated carbocycles. The smallest absolute Gasteiger partial charge is 0.407 e. The van der Waals surface area contributed by atoms with Gasteiger partial charge in [0.15, 0.2) is 6.10 Å². The number of oxime groups is 1. The molecule has 1 unspecified atom stereocenters. The lowest BCUT2D eigenvalue weighted by Gasteiger charge is -2.20. The molecule has 6 nitrogen and oxygen atoms in total. The second-order valence-corrected chi connectivity index (χ2v) is 6.63. The summed E-state index contributed by atoms with van der Waals surface area (Å²) in [6, 6.07) is 3.77. The Morgan fingerprint density at radius 1 is 1.52 bits per heavy atom. The summed E-state index contributed by atoms with van der Waals surface area (Å²) >= 11 is 3.34. The van der Waals surface area contributed by atoms with Crippen LogP contribution in [0.25, 0.3) is 0 Å². The van der Waals surface area contributed by atoms with Crippen LogP contribution in [0, 0.1) is 0 Å². The van der Waals surface area contributed by atoms with Crippen LogP contribution in [-0.4, -0.2) is 35.0 Å². The fourth-order valence-electron chi connectivity index (χ4n) is 1.75. The first-order valence-electron chi connectivity index (χ1n) is 6.65. The van der Waals surface area contributed by atoms with E-state index in [4.69, 9.17) is 9.57 Å². The van der Waals surface area contributed by atoms with Crippen LogP contribution in [0.1, 0.15) is 32.9 Å². The van der Waals surface area contributed by atoms with Crippen molar-refractivity contribution in [2.75, 3.05) is 6.54 Å². The van der Waals surface area contributed by atoms with Crippen molar-refractivity contribution in [3.63, 3.8) is 0 Å². The predicted octanol–water partition coefficient (Wildman–Crippen LogP) is 2.86. The molecule has 7 heteroatoms. The highest BCUT2D eigenvalue weighted by molar-refractivity contribution is 9.10. The standard InChI is InChI=1S/C14H18BrN3O3/c1-14(2,3)20-13(19)17-8-10-6-12(18-21-10)11-5-4-9(15)7-16-11/h4-5,7,10H,6,8H2,1-3H3,(H,17,19). The van der Waals surface area contributed by atoms with Gasteiger partial charge < -0.3 is 14.9 Å².